The van der Waals surface area contributed by atoms with Crippen LogP contribution in [0, 0.1) is 22.7 Å². The highest BCUT2D eigenvalue weighted by Gasteiger charge is 2.21. The second-order valence-electron chi connectivity index (χ2n) is 2.97. The van der Waals surface area contributed by atoms with Gasteiger partial charge in [-0.05, 0) is 6.92 Å². The topological polar surface area (TPSA) is 97.0 Å². The van der Waals surface area contributed by atoms with Crippen LogP contribution in [0.3, 0.4) is 0 Å². The third-order valence-electron chi connectivity index (χ3n) is 1.89. The van der Waals surface area contributed by atoms with E-state index < -0.39 is 11.8 Å². The van der Waals surface area contributed by atoms with E-state index in [2.05, 4.69) is 5.32 Å². The zero-order valence-electron chi connectivity index (χ0n) is 8.65. The van der Waals surface area contributed by atoms with Crippen LogP contribution in [0.15, 0.2) is 0 Å². The highest BCUT2D eigenvalue weighted by atomic mass is 16.2. The van der Waals surface area contributed by atoms with Crippen molar-refractivity contribution in [2.24, 2.45) is 0 Å². The van der Waals surface area contributed by atoms with E-state index in [1.54, 1.807) is 13.0 Å². The summed E-state index contributed by atoms with van der Waals surface area (Å²) >= 11 is 0. The lowest BCUT2D eigenvalue weighted by Gasteiger charge is -2.21. The fraction of sp³-hybridized carbons (Fsp3) is 0.556. The molecule has 1 unspecified atom stereocenters. The van der Waals surface area contributed by atoms with Gasteiger partial charge in [0.2, 0.25) is 0 Å². The summed E-state index contributed by atoms with van der Waals surface area (Å²) in [6, 6.07) is 3.28. The molecule has 0 fully saturated rings. The van der Waals surface area contributed by atoms with Gasteiger partial charge in [-0.15, -0.1) is 0 Å². The van der Waals surface area contributed by atoms with Gasteiger partial charge in [0.15, 0.2) is 0 Å². The Morgan fingerprint density at radius 2 is 2.00 bits per heavy atom. The molecule has 0 aromatic carbocycles. The molecule has 0 bridgehead atoms. The first-order chi connectivity index (χ1) is 7.04. The van der Waals surface area contributed by atoms with Gasteiger partial charge in [0.1, 0.15) is 6.54 Å². The second kappa shape index (κ2) is 6.39. The molecule has 0 aromatic heterocycles. The van der Waals surface area contributed by atoms with Crippen molar-refractivity contribution in [2.75, 3.05) is 13.6 Å². The molecular weight excluding hydrogens is 196 g/mol. The van der Waals surface area contributed by atoms with Crippen LogP contribution >= 0.6 is 0 Å². The number of nitrogens with one attached hydrogen (secondary N) is 1. The van der Waals surface area contributed by atoms with Gasteiger partial charge >= 0.3 is 11.8 Å². The van der Waals surface area contributed by atoms with Crippen molar-refractivity contribution < 1.29 is 9.59 Å². The van der Waals surface area contributed by atoms with E-state index in [9.17, 15) is 9.59 Å². The van der Waals surface area contributed by atoms with E-state index in [4.69, 9.17) is 10.5 Å². The Morgan fingerprint density at radius 3 is 2.47 bits per heavy atom. The van der Waals surface area contributed by atoms with Crippen molar-refractivity contribution in [3.05, 3.63) is 0 Å². The zero-order valence-corrected chi connectivity index (χ0v) is 8.65. The molecule has 0 aliphatic rings. The van der Waals surface area contributed by atoms with Crippen LogP contribution in [0.4, 0.5) is 0 Å². The van der Waals surface area contributed by atoms with E-state index in [0.29, 0.717) is 0 Å². The standard InChI is InChI=1S/C9H12N4O2/c1-7(3-4-10)13(2)9(15)8(14)12-6-5-11/h7H,3,6H2,1-2H3,(H,12,14). The lowest BCUT2D eigenvalue weighted by Crippen LogP contribution is -2.44. The fourth-order valence-electron chi connectivity index (χ4n) is 0.825. The first kappa shape index (κ1) is 12.9. The lowest BCUT2D eigenvalue weighted by molar-refractivity contribution is -0.146. The number of rotatable bonds is 3. The van der Waals surface area contributed by atoms with Crippen molar-refractivity contribution in [1.29, 1.82) is 10.5 Å². The van der Waals surface area contributed by atoms with Gasteiger partial charge in [0.25, 0.3) is 0 Å². The summed E-state index contributed by atoms with van der Waals surface area (Å²) in [6.45, 7) is 1.46. The number of hydrogen-bond donors (Lipinski definition) is 1. The monoisotopic (exact) mass is 208 g/mol. The number of nitrogens with zero attached hydrogens (tertiary/aromatic N) is 3. The second-order valence-corrected chi connectivity index (χ2v) is 2.97. The summed E-state index contributed by atoms with van der Waals surface area (Å²) in [6.07, 6.45) is 0.160. The summed E-state index contributed by atoms with van der Waals surface area (Å²) in [5, 5.41) is 18.7. The van der Waals surface area contributed by atoms with Crippen LogP contribution in [0.2, 0.25) is 0 Å². The predicted octanol–water partition coefficient (Wildman–Crippen LogP) is -0.613. The Hall–Kier alpha value is -2.08. The Balaban J connectivity index is 4.27. The molecular formula is C9H12N4O2. The van der Waals surface area contributed by atoms with Crippen molar-refractivity contribution in [3.63, 3.8) is 0 Å². The Labute approximate surface area is 88.1 Å². The molecule has 1 atom stereocenters. The molecule has 0 radical (unpaired) electrons. The van der Waals surface area contributed by atoms with E-state index >= 15 is 0 Å². The van der Waals surface area contributed by atoms with E-state index in [1.165, 1.54) is 11.9 Å². The summed E-state index contributed by atoms with van der Waals surface area (Å²) in [4.78, 5) is 23.7. The van der Waals surface area contributed by atoms with Crippen LogP contribution in [0.25, 0.3) is 0 Å². The third kappa shape index (κ3) is 4.10. The van der Waals surface area contributed by atoms with Gasteiger partial charge in [-0.3, -0.25) is 9.59 Å². The molecule has 80 valence electrons. The molecule has 6 nitrogen and oxygen atoms in total. The largest absolute Gasteiger partial charge is 0.335 e. The summed E-state index contributed by atoms with van der Waals surface area (Å²) < 4.78 is 0. The lowest BCUT2D eigenvalue weighted by atomic mass is 10.2. The van der Waals surface area contributed by atoms with Crippen LogP contribution in [-0.4, -0.2) is 36.3 Å². The van der Waals surface area contributed by atoms with Gasteiger partial charge < -0.3 is 10.2 Å². The van der Waals surface area contributed by atoms with Crippen LogP contribution < -0.4 is 5.32 Å². The molecule has 0 aliphatic heterocycles. The Morgan fingerprint density at radius 1 is 1.40 bits per heavy atom. The first-order valence-electron chi connectivity index (χ1n) is 4.33. The number of carbonyl (C=O) groups excluding carboxylic acids is 2. The minimum atomic E-state index is -0.830. The molecule has 0 saturated carbocycles. The summed E-state index contributed by atoms with van der Waals surface area (Å²) in [5.74, 6) is -1.57. The molecule has 0 aromatic rings. The molecule has 0 rings (SSSR count). The number of hydrogen-bond acceptors (Lipinski definition) is 4. The zero-order chi connectivity index (χ0) is 11.8. The maximum absolute atomic E-state index is 11.4. The number of likely N-dealkylation sites (N-methyl/N-ethyl adjacent to an activating group) is 1. The minimum Gasteiger partial charge on any atom is -0.335 e. The van der Waals surface area contributed by atoms with Crippen LogP contribution in [0.1, 0.15) is 13.3 Å². The Bertz CT molecular complexity index is 326. The van der Waals surface area contributed by atoms with Crippen molar-refractivity contribution in [1.82, 2.24) is 10.2 Å². The van der Waals surface area contributed by atoms with Crippen LogP contribution in [-0.2, 0) is 9.59 Å². The number of amides is 2. The molecule has 2 amide bonds. The number of carbonyl (C=O) groups is 2. The SMILES string of the molecule is CC(CC#N)N(C)C(=O)C(=O)NCC#N. The van der Waals surface area contributed by atoms with Gasteiger partial charge in [-0.2, -0.15) is 10.5 Å². The smallest absolute Gasteiger partial charge is 0.311 e. The molecule has 0 heterocycles. The minimum absolute atomic E-state index is 0.160. The average Bonchev–Trinajstić information content (AvgIpc) is 2.24. The highest BCUT2D eigenvalue weighted by Crippen LogP contribution is 2.00. The average molecular weight is 208 g/mol. The quantitative estimate of drug-likeness (QED) is 0.494. The Kier molecular flexibility index (Phi) is 5.50. The first-order valence-corrected chi connectivity index (χ1v) is 4.33. The molecule has 0 aliphatic carbocycles. The molecule has 0 saturated heterocycles. The van der Waals surface area contributed by atoms with E-state index in [1.807, 2.05) is 6.07 Å². The predicted molar refractivity (Wildman–Crippen MR) is 51.1 cm³/mol. The normalized spacial score (nSPS) is 10.7. The third-order valence-corrected chi connectivity index (χ3v) is 1.89. The van der Waals surface area contributed by atoms with Gasteiger partial charge in [0, 0.05) is 13.1 Å². The molecule has 6 heteroatoms. The fourth-order valence-corrected chi connectivity index (χ4v) is 0.825. The van der Waals surface area contributed by atoms with Crippen LogP contribution in [0.5, 0.6) is 0 Å². The summed E-state index contributed by atoms with van der Waals surface area (Å²) in [7, 11) is 1.44. The molecule has 0 spiro atoms. The van der Waals surface area contributed by atoms with E-state index in [-0.39, 0.29) is 19.0 Å². The number of nitriles is 2. The van der Waals surface area contributed by atoms with Gasteiger partial charge in [-0.25, -0.2) is 0 Å². The highest BCUT2D eigenvalue weighted by molar-refractivity contribution is 6.35. The van der Waals surface area contributed by atoms with Crippen molar-refractivity contribution >= 4 is 11.8 Å². The maximum Gasteiger partial charge on any atom is 0.311 e. The van der Waals surface area contributed by atoms with Crippen molar-refractivity contribution in [2.45, 2.75) is 19.4 Å². The van der Waals surface area contributed by atoms with Gasteiger partial charge in [-0.1, -0.05) is 0 Å². The van der Waals surface area contributed by atoms with E-state index in [0.717, 1.165) is 0 Å². The van der Waals surface area contributed by atoms with Gasteiger partial charge in [0.05, 0.1) is 18.6 Å². The molecule has 15 heavy (non-hydrogen) atoms. The molecule has 1 N–H and O–H groups in total. The maximum atomic E-state index is 11.4. The summed E-state index contributed by atoms with van der Waals surface area (Å²) in [5.41, 5.74) is 0. The van der Waals surface area contributed by atoms with Crippen molar-refractivity contribution in [3.8, 4) is 12.1 Å².